The van der Waals surface area contributed by atoms with Gasteiger partial charge in [-0.15, -0.1) is 0 Å². The standard InChI is InChI=1S/C27H30N8O/c1-16-23(19(4)33(6)30-16)14-34-20(5)26(18(3)32-34)29-24(36)15-35-27-25(17(2)31-35)22(12-13-28-27)21-10-8-7-9-11-21/h7-13H,14-15H2,1-6H3,(H,29,36). The Labute approximate surface area is 209 Å². The Kier molecular flexibility index (Phi) is 5.91. The van der Waals surface area contributed by atoms with E-state index in [1.807, 2.05) is 68.4 Å². The van der Waals surface area contributed by atoms with E-state index in [4.69, 9.17) is 0 Å². The molecule has 9 heteroatoms. The molecule has 1 N–H and O–H groups in total. The molecule has 0 aliphatic carbocycles. The third kappa shape index (κ3) is 4.06. The third-order valence-corrected chi connectivity index (χ3v) is 6.80. The van der Waals surface area contributed by atoms with Crippen molar-refractivity contribution in [3.8, 4) is 11.1 Å². The minimum absolute atomic E-state index is 0.0560. The highest BCUT2D eigenvalue weighted by molar-refractivity contribution is 5.96. The average Bonchev–Trinajstić information content (AvgIpc) is 3.41. The van der Waals surface area contributed by atoms with Gasteiger partial charge in [-0.1, -0.05) is 30.3 Å². The van der Waals surface area contributed by atoms with Crippen LogP contribution in [-0.4, -0.2) is 40.2 Å². The molecule has 5 rings (SSSR count). The molecule has 1 amide bonds. The van der Waals surface area contributed by atoms with E-state index >= 15 is 0 Å². The fourth-order valence-electron chi connectivity index (χ4n) is 4.79. The molecule has 184 valence electrons. The zero-order chi connectivity index (χ0) is 25.6. The van der Waals surface area contributed by atoms with Crippen molar-refractivity contribution in [2.24, 2.45) is 7.05 Å². The number of nitrogens with one attached hydrogen (secondary N) is 1. The zero-order valence-corrected chi connectivity index (χ0v) is 21.5. The number of anilines is 1. The van der Waals surface area contributed by atoms with E-state index in [9.17, 15) is 4.79 Å². The van der Waals surface area contributed by atoms with Crippen LogP contribution in [-0.2, 0) is 24.9 Å². The Morgan fingerprint density at radius 2 is 1.58 bits per heavy atom. The van der Waals surface area contributed by atoms with Gasteiger partial charge >= 0.3 is 0 Å². The van der Waals surface area contributed by atoms with E-state index in [-0.39, 0.29) is 12.5 Å². The lowest BCUT2D eigenvalue weighted by atomic mass is 10.0. The van der Waals surface area contributed by atoms with Crippen LogP contribution < -0.4 is 5.32 Å². The van der Waals surface area contributed by atoms with Crippen molar-refractivity contribution in [1.29, 1.82) is 0 Å². The quantitative estimate of drug-likeness (QED) is 0.390. The maximum absolute atomic E-state index is 13.1. The van der Waals surface area contributed by atoms with Gasteiger partial charge in [-0.25, -0.2) is 9.67 Å². The van der Waals surface area contributed by atoms with Crippen molar-refractivity contribution in [3.63, 3.8) is 0 Å². The van der Waals surface area contributed by atoms with Gasteiger partial charge in [0.15, 0.2) is 5.65 Å². The van der Waals surface area contributed by atoms with Crippen LogP contribution in [0.5, 0.6) is 0 Å². The van der Waals surface area contributed by atoms with Crippen molar-refractivity contribution < 1.29 is 4.79 Å². The number of rotatable bonds is 6. The Morgan fingerprint density at radius 1 is 0.861 bits per heavy atom. The van der Waals surface area contributed by atoms with Crippen LogP contribution >= 0.6 is 0 Å². The summed E-state index contributed by atoms with van der Waals surface area (Å²) in [5, 5.41) is 17.9. The summed E-state index contributed by atoms with van der Waals surface area (Å²) in [4.78, 5) is 17.7. The second-order valence-electron chi connectivity index (χ2n) is 9.19. The van der Waals surface area contributed by atoms with Crippen molar-refractivity contribution in [3.05, 3.63) is 76.6 Å². The van der Waals surface area contributed by atoms with Crippen molar-refractivity contribution in [1.82, 2.24) is 34.3 Å². The van der Waals surface area contributed by atoms with Gasteiger partial charge in [0.05, 0.1) is 35.0 Å². The number of nitrogens with zero attached hydrogens (tertiary/aromatic N) is 7. The molecule has 0 aliphatic heterocycles. The van der Waals surface area contributed by atoms with Gasteiger partial charge in [0.2, 0.25) is 5.91 Å². The molecular weight excluding hydrogens is 452 g/mol. The molecule has 0 saturated heterocycles. The topological polar surface area (TPSA) is 95.5 Å². The molecule has 9 nitrogen and oxygen atoms in total. The van der Waals surface area contributed by atoms with Gasteiger partial charge < -0.3 is 5.32 Å². The molecule has 0 atom stereocenters. The Bertz CT molecular complexity index is 1590. The fourth-order valence-corrected chi connectivity index (χ4v) is 4.79. The lowest BCUT2D eigenvalue weighted by Gasteiger charge is -2.09. The number of pyridine rings is 1. The van der Waals surface area contributed by atoms with E-state index in [0.717, 1.165) is 56.2 Å². The second-order valence-corrected chi connectivity index (χ2v) is 9.19. The van der Waals surface area contributed by atoms with E-state index in [1.54, 1.807) is 10.9 Å². The number of aryl methyl sites for hydroxylation is 4. The molecule has 4 heterocycles. The fraction of sp³-hybridized carbons (Fsp3) is 0.296. The van der Waals surface area contributed by atoms with Crippen LogP contribution in [0.4, 0.5) is 5.69 Å². The largest absolute Gasteiger partial charge is 0.321 e. The number of benzene rings is 1. The second kappa shape index (κ2) is 9.07. The van der Waals surface area contributed by atoms with Crippen LogP contribution in [0.2, 0.25) is 0 Å². The van der Waals surface area contributed by atoms with Gasteiger partial charge in [0.1, 0.15) is 6.54 Å². The molecule has 0 saturated carbocycles. The molecular formula is C27H30N8O. The first kappa shape index (κ1) is 23.5. The molecule has 1 aromatic carbocycles. The smallest absolute Gasteiger partial charge is 0.246 e. The highest BCUT2D eigenvalue weighted by atomic mass is 16.2. The number of fused-ring (bicyclic) bond motifs is 1. The summed E-state index contributed by atoms with van der Waals surface area (Å²) in [5.41, 5.74) is 9.30. The predicted molar refractivity (Wildman–Crippen MR) is 140 cm³/mol. The van der Waals surface area contributed by atoms with E-state index in [2.05, 4.69) is 44.7 Å². The molecule has 5 aromatic rings. The van der Waals surface area contributed by atoms with Gasteiger partial charge in [-0.05, 0) is 51.8 Å². The van der Waals surface area contributed by atoms with Gasteiger partial charge in [-0.2, -0.15) is 15.3 Å². The Hall–Kier alpha value is -4.27. The summed E-state index contributed by atoms with van der Waals surface area (Å²) < 4.78 is 5.47. The summed E-state index contributed by atoms with van der Waals surface area (Å²) in [6.45, 7) is 10.5. The SMILES string of the molecule is Cc1nn(C)c(C)c1Cn1nc(C)c(NC(=O)Cn2nc(C)c3c(-c4ccccc4)ccnc32)c1C. The first-order valence-electron chi connectivity index (χ1n) is 11.9. The molecule has 0 fully saturated rings. The third-order valence-electron chi connectivity index (χ3n) is 6.80. The highest BCUT2D eigenvalue weighted by Crippen LogP contribution is 2.30. The maximum atomic E-state index is 13.1. The summed E-state index contributed by atoms with van der Waals surface area (Å²) in [6, 6.07) is 12.1. The molecule has 0 unspecified atom stereocenters. The monoisotopic (exact) mass is 482 g/mol. The first-order chi connectivity index (χ1) is 17.2. The summed E-state index contributed by atoms with van der Waals surface area (Å²) in [5.74, 6) is -0.175. The average molecular weight is 483 g/mol. The van der Waals surface area contributed by atoms with Crippen LogP contribution in [0.1, 0.15) is 34.0 Å². The van der Waals surface area contributed by atoms with Crippen LogP contribution in [0.25, 0.3) is 22.2 Å². The number of hydrogen-bond donors (Lipinski definition) is 1. The van der Waals surface area contributed by atoms with E-state index in [1.165, 1.54) is 0 Å². The minimum Gasteiger partial charge on any atom is -0.321 e. The first-order valence-corrected chi connectivity index (χ1v) is 11.9. The number of hydrogen-bond acceptors (Lipinski definition) is 5. The normalized spacial score (nSPS) is 11.4. The number of carbonyl (C=O) groups excluding carboxylic acids is 1. The minimum atomic E-state index is -0.175. The van der Waals surface area contributed by atoms with Gasteiger partial charge in [0, 0.05) is 29.9 Å². The summed E-state index contributed by atoms with van der Waals surface area (Å²) >= 11 is 0. The van der Waals surface area contributed by atoms with Crippen molar-refractivity contribution in [2.45, 2.75) is 47.7 Å². The van der Waals surface area contributed by atoms with Crippen LogP contribution in [0.3, 0.4) is 0 Å². The molecule has 0 radical (unpaired) electrons. The van der Waals surface area contributed by atoms with Crippen molar-refractivity contribution >= 4 is 22.6 Å². The maximum Gasteiger partial charge on any atom is 0.246 e. The van der Waals surface area contributed by atoms with Crippen molar-refractivity contribution in [2.75, 3.05) is 5.32 Å². The lowest BCUT2D eigenvalue weighted by Crippen LogP contribution is -2.20. The number of aromatic nitrogens is 7. The van der Waals surface area contributed by atoms with Gasteiger partial charge in [-0.3, -0.25) is 14.2 Å². The Morgan fingerprint density at radius 3 is 2.28 bits per heavy atom. The van der Waals surface area contributed by atoms with E-state index in [0.29, 0.717) is 12.2 Å². The Balaban J connectivity index is 1.40. The van der Waals surface area contributed by atoms with Crippen LogP contribution in [0.15, 0.2) is 42.6 Å². The molecule has 0 spiro atoms. The summed E-state index contributed by atoms with van der Waals surface area (Å²) in [7, 11) is 1.94. The zero-order valence-electron chi connectivity index (χ0n) is 21.5. The predicted octanol–water partition coefficient (Wildman–Crippen LogP) is 4.26. The lowest BCUT2D eigenvalue weighted by molar-refractivity contribution is -0.116. The molecule has 4 aromatic heterocycles. The number of amides is 1. The molecule has 0 aliphatic rings. The molecule has 0 bridgehead atoms. The van der Waals surface area contributed by atoms with Crippen LogP contribution in [0, 0.1) is 34.6 Å². The van der Waals surface area contributed by atoms with Gasteiger partial charge in [0.25, 0.3) is 0 Å². The molecule has 36 heavy (non-hydrogen) atoms. The van der Waals surface area contributed by atoms with E-state index < -0.39 is 0 Å². The highest BCUT2D eigenvalue weighted by Gasteiger charge is 2.20. The summed E-state index contributed by atoms with van der Waals surface area (Å²) in [6.07, 6.45) is 1.76. The number of carbonyl (C=O) groups is 1.